The van der Waals surface area contributed by atoms with Gasteiger partial charge in [-0.25, -0.2) is 8.42 Å². The summed E-state index contributed by atoms with van der Waals surface area (Å²) < 4.78 is 23.4. The van der Waals surface area contributed by atoms with Crippen LogP contribution in [0.5, 0.6) is 0 Å². The van der Waals surface area contributed by atoms with Crippen molar-refractivity contribution in [3.63, 3.8) is 0 Å². The zero-order valence-electron chi connectivity index (χ0n) is 16.0. The zero-order valence-corrected chi connectivity index (χ0v) is 16.8. The summed E-state index contributed by atoms with van der Waals surface area (Å²) in [6.07, 6.45) is 2.02. The lowest BCUT2D eigenvalue weighted by molar-refractivity contribution is -0.120. The molecular formula is C21H24N2O4S. The number of amides is 2. The number of nitrogens with zero attached hydrogens (tertiary/aromatic N) is 1. The second-order valence-electron chi connectivity index (χ2n) is 7.07. The minimum absolute atomic E-state index is 0.0534. The number of benzene rings is 2. The summed E-state index contributed by atoms with van der Waals surface area (Å²) >= 11 is 0. The van der Waals surface area contributed by atoms with Crippen molar-refractivity contribution in [2.45, 2.75) is 32.4 Å². The summed E-state index contributed by atoms with van der Waals surface area (Å²) in [4.78, 5) is 27.3. The SMILES string of the molecule is CCc1cccc(NC(=O)C(CCS(C)(=O)=O)N2Cc3ccccc3C2=O)c1. The molecule has 0 saturated heterocycles. The van der Waals surface area contributed by atoms with Crippen LogP contribution in [0.4, 0.5) is 5.69 Å². The first-order chi connectivity index (χ1) is 13.3. The first kappa shape index (κ1) is 20.1. The van der Waals surface area contributed by atoms with Crippen LogP contribution in [0.15, 0.2) is 48.5 Å². The molecule has 2 aromatic carbocycles. The molecule has 2 aromatic rings. The molecule has 1 atom stereocenters. The van der Waals surface area contributed by atoms with E-state index in [1.807, 2.05) is 37.3 Å². The van der Waals surface area contributed by atoms with Gasteiger partial charge in [0.1, 0.15) is 15.9 Å². The van der Waals surface area contributed by atoms with Crippen LogP contribution in [-0.2, 0) is 27.6 Å². The van der Waals surface area contributed by atoms with Gasteiger partial charge in [0.25, 0.3) is 5.91 Å². The number of fused-ring (bicyclic) bond motifs is 1. The Balaban J connectivity index is 1.84. The van der Waals surface area contributed by atoms with Gasteiger partial charge in [-0.2, -0.15) is 0 Å². The second kappa shape index (κ2) is 8.14. The fourth-order valence-electron chi connectivity index (χ4n) is 3.38. The number of carbonyl (C=O) groups is 2. The number of hydrogen-bond donors (Lipinski definition) is 1. The first-order valence-electron chi connectivity index (χ1n) is 9.25. The molecule has 1 aliphatic heterocycles. The number of carbonyl (C=O) groups excluding carboxylic acids is 2. The molecule has 28 heavy (non-hydrogen) atoms. The molecular weight excluding hydrogens is 376 g/mol. The second-order valence-corrected chi connectivity index (χ2v) is 9.33. The van der Waals surface area contributed by atoms with Gasteiger partial charge in [0.15, 0.2) is 0 Å². The van der Waals surface area contributed by atoms with Crippen molar-refractivity contribution in [1.82, 2.24) is 4.90 Å². The molecule has 1 aliphatic rings. The first-order valence-corrected chi connectivity index (χ1v) is 11.3. The van der Waals surface area contributed by atoms with Gasteiger partial charge in [0.05, 0.1) is 5.75 Å². The quantitative estimate of drug-likeness (QED) is 0.774. The Morgan fingerprint density at radius 1 is 1.18 bits per heavy atom. The Hall–Kier alpha value is -2.67. The Morgan fingerprint density at radius 2 is 1.93 bits per heavy atom. The predicted molar refractivity (Wildman–Crippen MR) is 109 cm³/mol. The monoisotopic (exact) mass is 400 g/mol. The Bertz CT molecular complexity index is 1000. The molecule has 6 nitrogen and oxygen atoms in total. The predicted octanol–water partition coefficient (Wildman–Crippen LogP) is 2.65. The van der Waals surface area contributed by atoms with Crippen LogP contribution in [0.3, 0.4) is 0 Å². The van der Waals surface area contributed by atoms with Gasteiger partial charge >= 0.3 is 0 Å². The third kappa shape index (κ3) is 4.59. The molecule has 0 saturated carbocycles. The number of nitrogens with one attached hydrogen (secondary N) is 1. The molecule has 7 heteroatoms. The van der Waals surface area contributed by atoms with E-state index < -0.39 is 15.9 Å². The van der Waals surface area contributed by atoms with Crippen LogP contribution in [0.25, 0.3) is 0 Å². The highest BCUT2D eigenvalue weighted by Gasteiger charge is 2.36. The number of aryl methyl sites for hydroxylation is 1. The molecule has 0 spiro atoms. The smallest absolute Gasteiger partial charge is 0.255 e. The van der Waals surface area contributed by atoms with Gasteiger partial charge in [-0.1, -0.05) is 37.3 Å². The molecule has 3 rings (SSSR count). The van der Waals surface area contributed by atoms with Crippen molar-refractivity contribution in [2.24, 2.45) is 0 Å². The molecule has 0 aromatic heterocycles. The molecule has 0 radical (unpaired) electrons. The Morgan fingerprint density at radius 3 is 2.61 bits per heavy atom. The third-order valence-corrected chi connectivity index (χ3v) is 5.87. The average molecular weight is 401 g/mol. The fraction of sp³-hybridized carbons (Fsp3) is 0.333. The van der Waals surface area contributed by atoms with Crippen molar-refractivity contribution in [1.29, 1.82) is 0 Å². The maximum atomic E-state index is 13.0. The maximum Gasteiger partial charge on any atom is 0.255 e. The van der Waals surface area contributed by atoms with E-state index in [-0.39, 0.29) is 24.0 Å². The van der Waals surface area contributed by atoms with Crippen molar-refractivity contribution >= 4 is 27.3 Å². The standard InChI is InChI=1S/C21H24N2O4S/c1-3-15-7-6-9-17(13-15)22-20(24)19(11-12-28(2,26)27)23-14-16-8-4-5-10-18(16)21(23)25/h4-10,13,19H,3,11-12,14H2,1-2H3,(H,22,24). The molecule has 0 fully saturated rings. The van der Waals surface area contributed by atoms with Crippen molar-refractivity contribution in [2.75, 3.05) is 17.3 Å². The van der Waals surface area contributed by atoms with Gasteiger partial charge < -0.3 is 10.2 Å². The highest BCUT2D eigenvalue weighted by Crippen LogP contribution is 2.26. The van der Waals surface area contributed by atoms with E-state index in [1.54, 1.807) is 18.2 Å². The van der Waals surface area contributed by atoms with Crippen LogP contribution in [0.1, 0.15) is 34.8 Å². The molecule has 0 bridgehead atoms. The van der Waals surface area contributed by atoms with E-state index in [1.165, 1.54) is 4.90 Å². The summed E-state index contributed by atoms with van der Waals surface area (Å²) in [5.41, 5.74) is 3.12. The third-order valence-electron chi connectivity index (χ3n) is 4.89. The number of anilines is 1. The molecule has 2 amide bonds. The van der Waals surface area contributed by atoms with E-state index in [4.69, 9.17) is 0 Å². The van der Waals surface area contributed by atoms with Crippen LogP contribution in [0, 0.1) is 0 Å². The molecule has 1 N–H and O–H groups in total. The van der Waals surface area contributed by atoms with Crippen molar-refractivity contribution in [3.05, 3.63) is 65.2 Å². The number of sulfone groups is 1. The average Bonchev–Trinajstić information content (AvgIpc) is 2.98. The van der Waals surface area contributed by atoms with Gasteiger partial charge in [0, 0.05) is 24.1 Å². The topological polar surface area (TPSA) is 83.6 Å². The summed E-state index contributed by atoms with van der Waals surface area (Å²) in [6.45, 7) is 2.32. The highest BCUT2D eigenvalue weighted by atomic mass is 32.2. The van der Waals surface area contributed by atoms with E-state index in [2.05, 4.69) is 5.32 Å². The Labute approximate surface area is 165 Å². The summed E-state index contributed by atoms with van der Waals surface area (Å²) in [5, 5.41) is 2.85. The molecule has 1 heterocycles. The summed E-state index contributed by atoms with van der Waals surface area (Å²) in [7, 11) is -3.27. The van der Waals surface area contributed by atoms with Crippen molar-refractivity contribution < 1.29 is 18.0 Å². The van der Waals surface area contributed by atoms with Crippen LogP contribution in [0.2, 0.25) is 0 Å². The molecule has 148 valence electrons. The summed E-state index contributed by atoms with van der Waals surface area (Å²) in [5.74, 6) is -0.787. The van der Waals surface area contributed by atoms with Gasteiger partial charge in [-0.05, 0) is 42.2 Å². The lowest BCUT2D eigenvalue weighted by Crippen LogP contribution is -2.45. The van der Waals surface area contributed by atoms with Gasteiger partial charge in [-0.3, -0.25) is 9.59 Å². The summed E-state index contributed by atoms with van der Waals surface area (Å²) in [6, 6.07) is 13.8. The van der Waals surface area contributed by atoms with Gasteiger partial charge in [0.2, 0.25) is 5.91 Å². The van der Waals surface area contributed by atoms with Crippen LogP contribution < -0.4 is 5.32 Å². The van der Waals surface area contributed by atoms with E-state index in [0.29, 0.717) is 17.8 Å². The maximum absolute atomic E-state index is 13.0. The molecule has 1 unspecified atom stereocenters. The Kier molecular flexibility index (Phi) is 5.84. The lowest BCUT2D eigenvalue weighted by Gasteiger charge is -2.27. The van der Waals surface area contributed by atoms with E-state index >= 15 is 0 Å². The largest absolute Gasteiger partial charge is 0.324 e. The van der Waals surface area contributed by atoms with Crippen LogP contribution in [-0.4, -0.2) is 43.2 Å². The van der Waals surface area contributed by atoms with Crippen LogP contribution >= 0.6 is 0 Å². The highest BCUT2D eigenvalue weighted by molar-refractivity contribution is 7.90. The zero-order chi connectivity index (χ0) is 20.3. The fourth-order valence-corrected chi connectivity index (χ4v) is 4.03. The molecule has 0 aliphatic carbocycles. The van der Waals surface area contributed by atoms with Gasteiger partial charge in [-0.15, -0.1) is 0 Å². The minimum atomic E-state index is -3.27. The normalized spacial score (nSPS) is 14.6. The lowest BCUT2D eigenvalue weighted by atomic mass is 10.1. The number of hydrogen-bond acceptors (Lipinski definition) is 4. The number of rotatable bonds is 7. The van der Waals surface area contributed by atoms with E-state index in [9.17, 15) is 18.0 Å². The minimum Gasteiger partial charge on any atom is -0.324 e. The van der Waals surface area contributed by atoms with E-state index in [0.717, 1.165) is 23.8 Å². The van der Waals surface area contributed by atoms with Crippen molar-refractivity contribution in [3.8, 4) is 0 Å².